The first-order valence-corrected chi connectivity index (χ1v) is 7.17. The Labute approximate surface area is 114 Å². The van der Waals surface area contributed by atoms with Crippen LogP contribution in [0.15, 0.2) is 24.3 Å². The van der Waals surface area contributed by atoms with Crippen molar-refractivity contribution >= 4 is 5.78 Å². The first-order valence-electron chi connectivity index (χ1n) is 7.17. The predicted molar refractivity (Wildman–Crippen MR) is 74.5 cm³/mol. The van der Waals surface area contributed by atoms with Gasteiger partial charge in [-0.05, 0) is 30.9 Å². The number of carbonyl (C=O) groups excluding carboxylic acids is 1. The first-order chi connectivity index (χ1) is 9.28. The highest BCUT2D eigenvalue weighted by Crippen LogP contribution is 2.34. The summed E-state index contributed by atoms with van der Waals surface area (Å²) in [6.07, 6.45) is 4.93. The van der Waals surface area contributed by atoms with Crippen molar-refractivity contribution in [2.24, 2.45) is 0 Å². The number of fused-ring (bicyclic) bond motifs is 2. The third-order valence-electron chi connectivity index (χ3n) is 4.53. The largest absolute Gasteiger partial charge is 0.496 e. The summed E-state index contributed by atoms with van der Waals surface area (Å²) in [6.45, 7) is 1.04. The second-order valence-corrected chi connectivity index (χ2v) is 5.63. The molecule has 2 unspecified atom stereocenters. The second-order valence-electron chi connectivity index (χ2n) is 5.63. The van der Waals surface area contributed by atoms with E-state index in [1.54, 1.807) is 7.11 Å². The smallest absolute Gasteiger partial charge is 0.136 e. The quantitative estimate of drug-likeness (QED) is 0.831. The van der Waals surface area contributed by atoms with E-state index in [0.29, 0.717) is 17.9 Å². The molecule has 0 saturated carbocycles. The average molecular weight is 259 g/mol. The van der Waals surface area contributed by atoms with Crippen LogP contribution in [0.5, 0.6) is 5.75 Å². The van der Waals surface area contributed by atoms with Crippen LogP contribution in [-0.4, -0.2) is 36.4 Å². The van der Waals surface area contributed by atoms with E-state index in [1.165, 1.54) is 18.4 Å². The van der Waals surface area contributed by atoms with Crippen LogP contribution in [0.2, 0.25) is 0 Å². The molecule has 2 aliphatic rings. The van der Waals surface area contributed by atoms with Crippen LogP contribution >= 0.6 is 0 Å². The van der Waals surface area contributed by atoms with Gasteiger partial charge in [-0.15, -0.1) is 0 Å². The molecular weight excluding hydrogens is 238 g/mol. The minimum atomic E-state index is 0.459. The van der Waals surface area contributed by atoms with Gasteiger partial charge in [-0.1, -0.05) is 18.2 Å². The fourth-order valence-corrected chi connectivity index (χ4v) is 3.59. The van der Waals surface area contributed by atoms with Gasteiger partial charge in [0.15, 0.2) is 0 Å². The number of para-hydroxylation sites is 1. The van der Waals surface area contributed by atoms with Gasteiger partial charge in [0.05, 0.1) is 7.11 Å². The molecule has 0 N–H and O–H groups in total. The highest BCUT2D eigenvalue weighted by atomic mass is 16.5. The lowest BCUT2D eigenvalue weighted by molar-refractivity contribution is -0.123. The highest BCUT2D eigenvalue weighted by Gasteiger charge is 2.39. The van der Waals surface area contributed by atoms with Crippen molar-refractivity contribution in [2.45, 2.75) is 44.2 Å². The van der Waals surface area contributed by atoms with Crippen molar-refractivity contribution < 1.29 is 9.53 Å². The third kappa shape index (κ3) is 2.52. The predicted octanol–water partition coefficient (Wildman–Crippen LogP) is 2.43. The van der Waals surface area contributed by atoms with E-state index >= 15 is 0 Å². The van der Waals surface area contributed by atoms with Gasteiger partial charge in [-0.2, -0.15) is 0 Å². The van der Waals surface area contributed by atoms with Gasteiger partial charge in [0.2, 0.25) is 0 Å². The molecule has 0 amide bonds. The van der Waals surface area contributed by atoms with Crippen molar-refractivity contribution in [1.29, 1.82) is 0 Å². The van der Waals surface area contributed by atoms with Crippen LogP contribution in [0, 0.1) is 0 Å². The Kier molecular flexibility index (Phi) is 3.56. The zero-order chi connectivity index (χ0) is 13.2. The lowest BCUT2D eigenvalue weighted by Gasteiger charge is -2.34. The summed E-state index contributed by atoms with van der Waals surface area (Å²) in [5.74, 6) is 1.43. The topological polar surface area (TPSA) is 29.5 Å². The van der Waals surface area contributed by atoms with Crippen LogP contribution in [0.25, 0.3) is 0 Å². The number of rotatable bonds is 4. The zero-order valence-corrected chi connectivity index (χ0v) is 11.5. The SMILES string of the molecule is COc1ccccc1CCN1C2CCC1CC(=O)C2. The van der Waals surface area contributed by atoms with Crippen molar-refractivity contribution in [1.82, 2.24) is 4.90 Å². The molecule has 3 rings (SSSR count). The highest BCUT2D eigenvalue weighted by molar-refractivity contribution is 5.80. The summed E-state index contributed by atoms with van der Waals surface area (Å²) in [6, 6.07) is 9.22. The van der Waals surface area contributed by atoms with E-state index in [4.69, 9.17) is 4.74 Å². The normalized spacial score (nSPS) is 26.7. The summed E-state index contributed by atoms with van der Waals surface area (Å²) in [4.78, 5) is 14.1. The van der Waals surface area contributed by atoms with Gasteiger partial charge in [0.25, 0.3) is 0 Å². The zero-order valence-electron chi connectivity index (χ0n) is 11.5. The maximum atomic E-state index is 11.6. The van der Waals surface area contributed by atoms with Crippen LogP contribution in [0.3, 0.4) is 0 Å². The number of methoxy groups -OCH3 is 1. The summed E-state index contributed by atoms with van der Waals surface area (Å²) in [7, 11) is 1.72. The molecule has 2 bridgehead atoms. The maximum absolute atomic E-state index is 11.6. The van der Waals surface area contributed by atoms with Crippen molar-refractivity contribution in [3.05, 3.63) is 29.8 Å². The van der Waals surface area contributed by atoms with E-state index in [-0.39, 0.29) is 0 Å². The molecule has 0 radical (unpaired) electrons. The van der Waals surface area contributed by atoms with Crippen LogP contribution < -0.4 is 4.74 Å². The Morgan fingerprint density at radius 2 is 1.89 bits per heavy atom. The van der Waals surface area contributed by atoms with Crippen LogP contribution in [-0.2, 0) is 11.2 Å². The van der Waals surface area contributed by atoms with Gasteiger partial charge in [-0.25, -0.2) is 0 Å². The second kappa shape index (κ2) is 5.33. The molecule has 2 saturated heterocycles. The number of nitrogens with zero attached hydrogens (tertiary/aromatic N) is 1. The summed E-state index contributed by atoms with van der Waals surface area (Å²) >= 11 is 0. The summed E-state index contributed by atoms with van der Waals surface area (Å²) < 4.78 is 5.40. The Balaban J connectivity index is 1.65. The lowest BCUT2D eigenvalue weighted by Crippen LogP contribution is -2.44. The Bertz CT molecular complexity index is 456. The van der Waals surface area contributed by atoms with E-state index in [1.807, 2.05) is 12.1 Å². The summed E-state index contributed by atoms with van der Waals surface area (Å²) in [5.41, 5.74) is 1.27. The van der Waals surface area contributed by atoms with Crippen molar-refractivity contribution in [3.8, 4) is 5.75 Å². The molecular formula is C16H21NO2. The van der Waals surface area contributed by atoms with Gasteiger partial charge in [-0.3, -0.25) is 9.69 Å². The third-order valence-corrected chi connectivity index (χ3v) is 4.53. The monoisotopic (exact) mass is 259 g/mol. The molecule has 2 heterocycles. The van der Waals surface area contributed by atoms with Gasteiger partial charge < -0.3 is 4.74 Å². The van der Waals surface area contributed by atoms with E-state index in [0.717, 1.165) is 31.6 Å². The minimum Gasteiger partial charge on any atom is -0.496 e. The molecule has 2 aliphatic heterocycles. The minimum absolute atomic E-state index is 0.459. The van der Waals surface area contributed by atoms with Gasteiger partial charge in [0, 0.05) is 31.5 Å². The number of ether oxygens (including phenoxy) is 1. The molecule has 1 aromatic rings. The van der Waals surface area contributed by atoms with E-state index < -0.39 is 0 Å². The molecule has 2 fully saturated rings. The van der Waals surface area contributed by atoms with Gasteiger partial charge in [0.1, 0.15) is 11.5 Å². The van der Waals surface area contributed by atoms with Crippen LogP contribution in [0.4, 0.5) is 0 Å². The average Bonchev–Trinajstić information content (AvgIpc) is 2.67. The number of Topliss-reactive ketones (excluding diaryl/α,β-unsaturated/α-hetero) is 1. The molecule has 3 heteroatoms. The number of hydrogen-bond donors (Lipinski definition) is 0. The molecule has 0 aliphatic carbocycles. The molecule has 0 spiro atoms. The Morgan fingerprint density at radius 3 is 2.58 bits per heavy atom. The molecule has 0 aromatic heterocycles. The van der Waals surface area contributed by atoms with Crippen molar-refractivity contribution in [3.63, 3.8) is 0 Å². The molecule has 1 aromatic carbocycles. The van der Waals surface area contributed by atoms with Crippen molar-refractivity contribution in [2.75, 3.05) is 13.7 Å². The van der Waals surface area contributed by atoms with E-state index in [2.05, 4.69) is 17.0 Å². The Morgan fingerprint density at radius 1 is 1.21 bits per heavy atom. The lowest BCUT2D eigenvalue weighted by atomic mass is 10.0. The Hall–Kier alpha value is -1.35. The molecule has 19 heavy (non-hydrogen) atoms. The first kappa shape index (κ1) is 12.7. The fraction of sp³-hybridized carbons (Fsp3) is 0.562. The van der Waals surface area contributed by atoms with Gasteiger partial charge >= 0.3 is 0 Å². The number of ketones is 1. The molecule has 102 valence electrons. The van der Waals surface area contributed by atoms with E-state index in [9.17, 15) is 4.79 Å². The number of piperidine rings is 1. The number of hydrogen-bond acceptors (Lipinski definition) is 3. The fourth-order valence-electron chi connectivity index (χ4n) is 3.59. The number of carbonyl (C=O) groups is 1. The molecule has 2 atom stereocenters. The summed E-state index contributed by atoms with van der Waals surface area (Å²) in [5, 5.41) is 0. The number of benzene rings is 1. The van der Waals surface area contributed by atoms with Crippen LogP contribution in [0.1, 0.15) is 31.2 Å². The molecule has 3 nitrogen and oxygen atoms in total. The standard InChI is InChI=1S/C16H21NO2/c1-19-16-5-3-2-4-12(16)8-9-17-13-6-7-14(17)11-15(18)10-13/h2-5,13-14H,6-11H2,1H3. The maximum Gasteiger partial charge on any atom is 0.136 e.